The highest BCUT2D eigenvalue weighted by molar-refractivity contribution is 7.88. The molecular formula is C21H18Cl2F3NO4S. The van der Waals surface area contributed by atoms with Gasteiger partial charge in [0.25, 0.3) is 0 Å². The molecule has 2 aromatic rings. The third-order valence-electron chi connectivity index (χ3n) is 6.16. The van der Waals surface area contributed by atoms with Crippen molar-refractivity contribution in [1.82, 2.24) is 5.32 Å². The van der Waals surface area contributed by atoms with Gasteiger partial charge in [0.1, 0.15) is 5.75 Å². The van der Waals surface area contributed by atoms with Crippen molar-refractivity contribution in [2.75, 3.05) is 6.54 Å². The van der Waals surface area contributed by atoms with Crippen LogP contribution in [0.2, 0.25) is 10.0 Å². The minimum atomic E-state index is -5.80. The number of halogens is 5. The molecule has 2 fully saturated rings. The summed E-state index contributed by atoms with van der Waals surface area (Å²) in [6.07, 6.45) is 1.27. The molecule has 4 unspecified atom stereocenters. The topological polar surface area (TPSA) is 72.5 Å². The van der Waals surface area contributed by atoms with Crippen LogP contribution in [0.25, 0.3) is 0 Å². The highest BCUT2D eigenvalue weighted by Crippen LogP contribution is 2.52. The lowest BCUT2D eigenvalue weighted by molar-refractivity contribution is -0.123. The summed E-state index contributed by atoms with van der Waals surface area (Å²) in [5.41, 5.74) is -3.92. The number of hydrogen-bond acceptors (Lipinski definition) is 4. The van der Waals surface area contributed by atoms with E-state index in [2.05, 4.69) is 9.50 Å². The molecule has 2 aromatic carbocycles. The molecule has 0 radical (unpaired) electrons. The van der Waals surface area contributed by atoms with Gasteiger partial charge in [0.15, 0.2) is 0 Å². The molecule has 1 aliphatic carbocycles. The average molecular weight is 508 g/mol. The van der Waals surface area contributed by atoms with Crippen LogP contribution in [0.1, 0.15) is 35.8 Å². The van der Waals surface area contributed by atoms with Gasteiger partial charge in [-0.25, -0.2) is 0 Å². The van der Waals surface area contributed by atoms with Crippen LogP contribution in [0.5, 0.6) is 5.75 Å². The smallest absolute Gasteiger partial charge is 0.376 e. The normalized spacial score (nSPS) is 25.8. The first kappa shape index (κ1) is 23.2. The summed E-state index contributed by atoms with van der Waals surface area (Å²) in [5, 5.41) is 3.59. The number of rotatable bonds is 4. The number of fused-ring (bicyclic) bond motifs is 1. The first-order valence-electron chi connectivity index (χ1n) is 9.81. The zero-order chi connectivity index (χ0) is 23.3. The van der Waals surface area contributed by atoms with Crippen LogP contribution in [-0.4, -0.2) is 26.4 Å². The van der Waals surface area contributed by atoms with E-state index in [0.29, 0.717) is 30.0 Å². The third kappa shape index (κ3) is 4.30. The van der Waals surface area contributed by atoms with Crippen molar-refractivity contribution in [3.8, 4) is 5.75 Å². The molecule has 4 atom stereocenters. The van der Waals surface area contributed by atoms with Crippen LogP contribution >= 0.6 is 23.2 Å². The van der Waals surface area contributed by atoms with Crippen molar-refractivity contribution in [1.29, 1.82) is 0 Å². The lowest BCUT2D eigenvalue weighted by Gasteiger charge is -2.40. The lowest BCUT2D eigenvalue weighted by Crippen LogP contribution is -2.32. The van der Waals surface area contributed by atoms with E-state index in [1.54, 1.807) is 12.1 Å². The Bertz CT molecular complexity index is 1140. The van der Waals surface area contributed by atoms with Crippen molar-refractivity contribution in [2.45, 2.75) is 30.2 Å². The van der Waals surface area contributed by atoms with Gasteiger partial charge in [-0.3, -0.25) is 4.79 Å². The van der Waals surface area contributed by atoms with Gasteiger partial charge in [-0.2, -0.15) is 21.6 Å². The van der Waals surface area contributed by atoms with E-state index >= 15 is 0 Å². The van der Waals surface area contributed by atoms with E-state index in [1.807, 2.05) is 12.1 Å². The zero-order valence-electron chi connectivity index (χ0n) is 16.4. The molecular weight excluding hydrogens is 490 g/mol. The van der Waals surface area contributed by atoms with Crippen molar-refractivity contribution < 1.29 is 30.6 Å². The minimum Gasteiger partial charge on any atom is -0.376 e. The quantitative estimate of drug-likeness (QED) is 0.453. The number of carbonyl (C=O) groups is 1. The lowest BCUT2D eigenvalue weighted by atomic mass is 9.63. The zero-order valence-corrected chi connectivity index (χ0v) is 18.7. The van der Waals surface area contributed by atoms with E-state index in [-0.39, 0.29) is 34.6 Å². The number of hydrogen-bond donors (Lipinski definition) is 1. The van der Waals surface area contributed by atoms with Gasteiger partial charge in [-0.1, -0.05) is 41.4 Å². The second-order valence-electron chi connectivity index (χ2n) is 7.94. The summed E-state index contributed by atoms with van der Waals surface area (Å²) < 4.78 is 64.7. The standard InChI is InChI=1S/C21H18Cl2F3NO4S/c22-12-3-1-11(2-4-12)19-15(7-8-16-17(19)10-27-20(16)28)14-6-5-13(9-18(14)23)31-32(29,30)21(24,25)26/h1-6,9,15-17,19H,7-8,10H2,(H,27,28). The molecule has 1 saturated heterocycles. The van der Waals surface area contributed by atoms with E-state index in [9.17, 15) is 26.4 Å². The van der Waals surface area contributed by atoms with Crippen LogP contribution in [0, 0.1) is 11.8 Å². The Kier molecular flexibility index (Phi) is 6.11. The largest absolute Gasteiger partial charge is 0.534 e. The Labute approximate surface area is 193 Å². The molecule has 1 saturated carbocycles. The van der Waals surface area contributed by atoms with Crippen molar-refractivity contribution in [2.24, 2.45) is 11.8 Å². The molecule has 11 heteroatoms. The molecule has 1 aliphatic heterocycles. The Morgan fingerprint density at radius 2 is 1.66 bits per heavy atom. The summed E-state index contributed by atoms with van der Waals surface area (Å²) >= 11 is 12.4. The summed E-state index contributed by atoms with van der Waals surface area (Å²) in [4.78, 5) is 12.3. The predicted molar refractivity (Wildman–Crippen MR) is 113 cm³/mol. The number of nitrogens with one attached hydrogen (secondary N) is 1. The van der Waals surface area contributed by atoms with E-state index < -0.39 is 21.4 Å². The van der Waals surface area contributed by atoms with Crippen LogP contribution in [0.15, 0.2) is 42.5 Å². The number of benzene rings is 2. The molecule has 172 valence electrons. The van der Waals surface area contributed by atoms with Gasteiger partial charge in [0.05, 0.1) is 0 Å². The molecule has 0 bridgehead atoms. The Hall–Kier alpha value is -1.97. The second-order valence-corrected chi connectivity index (χ2v) is 10.3. The Morgan fingerprint density at radius 1 is 1.00 bits per heavy atom. The fourth-order valence-corrected chi connectivity index (χ4v) is 5.68. The molecule has 0 spiro atoms. The molecule has 1 amide bonds. The molecule has 1 heterocycles. The maximum Gasteiger partial charge on any atom is 0.534 e. The van der Waals surface area contributed by atoms with Crippen molar-refractivity contribution in [3.05, 3.63) is 63.6 Å². The number of amides is 1. The first-order chi connectivity index (χ1) is 15.0. The van der Waals surface area contributed by atoms with Crippen molar-refractivity contribution in [3.63, 3.8) is 0 Å². The minimum absolute atomic E-state index is 0.0135. The van der Waals surface area contributed by atoms with Gasteiger partial charge in [-0.05, 0) is 59.9 Å². The molecule has 32 heavy (non-hydrogen) atoms. The summed E-state index contributed by atoms with van der Waals surface area (Å²) in [6, 6.07) is 11.0. The summed E-state index contributed by atoms with van der Waals surface area (Å²) in [5.74, 6) is -0.852. The van der Waals surface area contributed by atoms with Gasteiger partial charge in [0.2, 0.25) is 5.91 Å². The van der Waals surface area contributed by atoms with Crippen LogP contribution in [0.3, 0.4) is 0 Å². The predicted octanol–water partition coefficient (Wildman–Crippen LogP) is 5.25. The Balaban J connectivity index is 1.69. The van der Waals surface area contributed by atoms with Crippen LogP contribution < -0.4 is 9.50 Å². The Morgan fingerprint density at radius 3 is 2.28 bits per heavy atom. The van der Waals surface area contributed by atoms with E-state index in [1.165, 1.54) is 6.07 Å². The van der Waals surface area contributed by atoms with Gasteiger partial charge in [0, 0.05) is 28.6 Å². The maximum atomic E-state index is 12.6. The highest BCUT2D eigenvalue weighted by Gasteiger charge is 2.49. The van der Waals surface area contributed by atoms with Crippen molar-refractivity contribution >= 4 is 39.2 Å². The van der Waals surface area contributed by atoms with Gasteiger partial charge in [-0.15, -0.1) is 0 Å². The van der Waals surface area contributed by atoms with E-state index in [0.717, 1.165) is 17.7 Å². The summed E-state index contributed by atoms with van der Waals surface area (Å²) in [7, 11) is -5.80. The molecule has 4 rings (SSSR count). The average Bonchev–Trinajstić information content (AvgIpc) is 3.08. The van der Waals surface area contributed by atoms with Crippen LogP contribution in [-0.2, 0) is 14.9 Å². The number of alkyl halides is 3. The first-order valence-corrected chi connectivity index (χ1v) is 12.0. The fraction of sp³-hybridized carbons (Fsp3) is 0.381. The van der Waals surface area contributed by atoms with E-state index in [4.69, 9.17) is 23.2 Å². The molecule has 2 aliphatic rings. The molecule has 5 nitrogen and oxygen atoms in total. The SMILES string of the molecule is O=C1NCC2C1CCC(c1ccc(OS(=O)(=O)C(F)(F)F)cc1Cl)C2c1ccc(Cl)cc1. The van der Waals surface area contributed by atoms with Gasteiger partial charge >= 0.3 is 15.6 Å². The van der Waals surface area contributed by atoms with Crippen LogP contribution in [0.4, 0.5) is 13.2 Å². The maximum absolute atomic E-state index is 12.6. The monoisotopic (exact) mass is 507 g/mol. The molecule has 0 aromatic heterocycles. The fourth-order valence-electron chi connectivity index (χ4n) is 4.79. The third-order valence-corrected chi connectivity index (χ3v) is 7.72. The summed E-state index contributed by atoms with van der Waals surface area (Å²) in [6.45, 7) is 0.510. The second kappa shape index (κ2) is 8.43. The van der Waals surface area contributed by atoms with Gasteiger partial charge < -0.3 is 9.50 Å². The highest BCUT2D eigenvalue weighted by atomic mass is 35.5. The number of carbonyl (C=O) groups excluding carboxylic acids is 1. The molecule has 1 N–H and O–H groups in total.